The lowest BCUT2D eigenvalue weighted by atomic mass is 10.2. The van der Waals surface area contributed by atoms with Crippen molar-refractivity contribution in [2.45, 2.75) is 19.1 Å². The third-order valence-corrected chi connectivity index (χ3v) is 1.43. The van der Waals surface area contributed by atoms with Crippen molar-refractivity contribution in [3.05, 3.63) is 24.0 Å². The molecule has 0 aliphatic carbocycles. The van der Waals surface area contributed by atoms with E-state index >= 15 is 0 Å². The molecular formula is C8H10O4. The summed E-state index contributed by atoms with van der Waals surface area (Å²) in [5.41, 5.74) is 0. The number of carbonyl (C=O) groups is 1. The van der Waals surface area contributed by atoms with Gasteiger partial charge in [-0.3, -0.25) is 0 Å². The van der Waals surface area contributed by atoms with Crippen molar-refractivity contribution >= 4 is 5.97 Å². The lowest BCUT2D eigenvalue weighted by Gasteiger charge is -2.08. The molecule has 0 aromatic rings. The fourth-order valence-corrected chi connectivity index (χ4v) is 0.732. The number of hydrogen-bond acceptors (Lipinski definition) is 4. The fourth-order valence-electron chi connectivity index (χ4n) is 0.732. The monoisotopic (exact) mass is 170 g/mol. The molecule has 66 valence electrons. The molecule has 0 saturated carbocycles. The Morgan fingerprint density at radius 1 is 1.50 bits per heavy atom. The van der Waals surface area contributed by atoms with Crippen LogP contribution in [0, 0.1) is 0 Å². The van der Waals surface area contributed by atoms with E-state index in [-0.39, 0.29) is 5.76 Å². The van der Waals surface area contributed by atoms with E-state index in [1.54, 1.807) is 0 Å². The molecule has 4 heteroatoms. The summed E-state index contributed by atoms with van der Waals surface area (Å²) < 4.78 is 4.62. The Balaban J connectivity index is 2.59. The Morgan fingerprint density at radius 3 is 2.58 bits per heavy atom. The van der Waals surface area contributed by atoms with Gasteiger partial charge in [-0.1, -0.05) is 0 Å². The van der Waals surface area contributed by atoms with Gasteiger partial charge in [-0.2, -0.15) is 0 Å². The molecule has 1 rings (SSSR count). The first-order chi connectivity index (χ1) is 5.59. The van der Waals surface area contributed by atoms with Crippen molar-refractivity contribution in [1.82, 2.24) is 0 Å². The highest BCUT2D eigenvalue weighted by atomic mass is 16.5. The molecule has 12 heavy (non-hydrogen) atoms. The predicted octanol–water partition coefficient (Wildman–Crippen LogP) is -0.275. The highest BCUT2D eigenvalue weighted by Crippen LogP contribution is 2.10. The quantitative estimate of drug-likeness (QED) is 0.559. The second-order valence-electron chi connectivity index (χ2n) is 2.55. The van der Waals surface area contributed by atoms with Gasteiger partial charge in [0, 0.05) is 6.08 Å². The van der Waals surface area contributed by atoms with Gasteiger partial charge in [0.05, 0.1) is 6.10 Å². The maximum atomic E-state index is 10.5. The van der Waals surface area contributed by atoms with Crippen LogP contribution in [0.25, 0.3) is 0 Å². The number of cyclic esters (lactones) is 1. The highest BCUT2D eigenvalue weighted by Gasteiger charge is 2.13. The number of allylic oxidation sites excluding steroid dienone is 1. The maximum absolute atomic E-state index is 10.5. The Hall–Kier alpha value is -1.13. The first kappa shape index (κ1) is 8.96. The van der Waals surface area contributed by atoms with Crippen molar-refractivity contribution in [2.24, 2.45) is 0 Å². The van der Waals surface area contributed by atoms with Gasteiger partial charge < -0.3 is 14.9 Å². The lowest BCUT2D eigenvalue weighted by molar-refractivity contribution is -0.132. The minimum atomic E-state index is -1.00. The van der Waals surface area contributed by atoms with Crippen molar-refractivity contribution in [3.8, 4) is 0 Å². The fraction of sp³-hybridized carbons (Fsp3) is 0.375. The first-order valence-corrected chi connectivity index (χ1v) is 3.57. The van der Waals surface area contributed by atoms with E-state index in [1.165, 1.54) is 25.2 Å². The Labute approximate surface area is 69.8 Å². The van der Waals surface area contributed by atoms with Crippen LogP contribution in [0.3, 0.4) is 0 Å². The number of ether oxygens (including phenoxy) is 1. The summed E-state index contributed by atoms with van der Waals surface area (Å²) >= 11 is 0. The van der Waals surface area contributed by atoms with E-state index in [0.29, 0.717) is 0 Å². The SMILES string of the molecule is C[C@@H](O)[C@@H](O)/C=C1/C=CC(=O)O1. The van der Waals surface area contributed by atoms with Crippen molar-refractivity contribution in [3.63, 3.8) is 0 Å². The number of rotatable bonds is 2. The number of esters is 1. The van der Waals surface area contributed by atoms with E-state index in [0.717, 1.165) is 0 Å². The highest BCUT2D eigenvalue weighted by molar-refractivity contribution is 5.86. The molecular weight excluding hydrogens is 160 g/mol. The largest absolute Gasteiger partial charge is 0.424 e. The second kappa shape index (κ2) is 3.51. The van der Waals surface area contributed by atoms with Gasteiger partial charge in [0.1, 0.15) is 11.9 Å². The van der Waals surface area contributed by atoms with Gasteiger partial charge in [0.15, 0.2) is 0 Å². The number of carbonyl (C=O) groups excluding carboxylic acids is 1. The lowest BCUT2D eigenvalue weighted by Crippen LogP contribution is -2.20. The van der Waals surface area contributed by atoms with E-state index in [2.05, 4.69) is 4.74 Å². The molecule has 0 aromatic heterocycles. The van der Waals surface area contributed by atoms with Crippen molar-refractivity contribution in [1.29, 1.82) is 0 Å². The van der Waals surface area contributed by atoms with Gasteiger partial charge >= 0.3 is 5.97 Å². The smallest absolute Gasteiger partial charge is 0.336 e. The molecule has 0 amide bonds. The van der Waals surface area contributed by atoms with E-state index in [1.807, 2.05) is 0 Å². The average Bonchev–Trinajstić information content (AvgIpc) is 2.35. The molecule has 0 radical (unpaired) electrons. The van der Waals surface area contributed by atoms with Crippen LogP contribution in [0.2, 0.25) is 0 Å². The third-order valence-electron chi connectivity index (χ3n) is 1.43. The summed E-state index contributed by atoms with van der Waals surface area (Å²) in [5, 5.41) is 18.0. The zero-order valence-corrected chi connectivity index (χ0v) is 6.60. The van der Waals surface area contributed by atoms with Gasteiger partial charge in [-0.05, 0) is 19.1 Å². The summed E-state index contributed by atoms with van der Waals surface area (Å²) in [5.74, 6) is -0.188. The Kier molecular flexibility index (Phi) is 2.62. The summed E-state index contributed by atoms with van der Waals surface area (Å²) in [6.45, 7) is 1.45. The zero-order valence-electron chi connectivity index (χ0n) is 6.60. The Morgan fingerprint density at radius 2 is 2.17 bits per heavy atom. The van der Waals surface area contributed by atoms with Crippen LogP contribution < -0.4 is 0 Å². The van der Waals surface area contributed by atoms with E-state index < -0.39 is 18.2 Å². The molecule has 0 bridgehead atoms. The summed E-state index contributed by atoms with van der Waals surface area (Å²) in [7, 11) is 0. The molecule has 2 N–H and O–H groups in total. The van der Waals surface area contributed by atoms with Crippen LogP contribution >= 0.6 is 0 Å². The summed E-state index contributed by atoms with van der Waals surface area (Å²) in [4.78, 5) is 10.5. The number of aliphatic hydroxyl groups excluding tert-OH is 2. The molecule has 0 aromatic carbocycles. The van der Waals surface area contributed by atoms with Crippen molar-refractivity contribution in [2.75, 3.05) is 0 Å². The standard InChI is InChI=1S/C8H10O4/c1-5(9)7(10)4-6-2-3-8(11)12-6/h2-5,7,9-10H,1H3/b6-4-/t5-,7+/m1/s1. The molecule has 2 atom stereocenters. The Bertz CT molecular complexity index is 239. The van der Waals surface area contributed by atoms with Gasteiger partial charge in [0.2, 0.25) is 0 Å². The molecule has 0 spiro atoms. The number of aliphatic hydroxyl groups is 2. The maximum Gasteiger partial charge on any atom is 0.336 e. The molecule has 4 nitrogen and oxygen atoms in total. The molecule has 0 fully saturated rings. The van der Waals surface area contributed by atoms with Crippen molar-refractivity contribution < 1.29 is 19.7 Å². The van der Waals surface area contributed by atoms with Gasteiger partial charge in [-0.15, -0.1) is 0 Å². The molecule has 1 aliphatic heterocycles. The second-order valence-corrected chi connectivity index (χ2v) is 2.55. The van der Waals surface area contributed by atoms with Crippen LogP contribution in [0.1, 0.15) is 6.92 Å². The minimum Gasteiger partial charge on any atom is -0.424 e. The summed E-state index contributed by atoms with van der Waals surface area (Å²) in [6, 6.07) is 0. The van der Waals surface area contributed by atoms with Gasteiger partial charge in [0.25, 0.3) is 0 Å². The molecule has 0 unspecified atom stereocenters. The van der Waals surface area contributed by atoms with Crippen LogP contribution in [0.4, 0.5) is 0 Å². The topological polar surface area (TPSA) is 66.8 Å². The molecule has 1 heterocycles. The van der Waals surface area contributed by atoms with Crippen LogP contribution in [-0.2, 0) is 9.53 Å². The third kappa shape index (κ3) is 2.18. The van der Waals surface area contributed by atoms with E-state index in [9.17, 15) is 4.79 Å². The van der Waals surface area contributed by atoms with Crippen LogP contribution in [0.15, 0.2) is 24.0 Å². The van der Waals surface area contributed by atoms with Crippen LogP contribution in [0.5, 0.6) is 0 Å². The first-order valence-electron chi connectivity index (χ1n) is 3.57. The normalized spacial score (nSPS) is 24.2. The molecule has 0 saturated heterocycles. The van der Waals surface area contributed by atoms with E-state index in [4.69, 9.17) is 10.2 Å². The number of hydrogen-bond donors (Lipinski definition) is 2. The van der Waals surface area contributed by atoms with Gasteiger partial charge in [-0.25, -0.2) is 4.79 Å². The minimum absolute atomic E-state index is 0.272. The summed E-state index contributed by atoms with van der Waals surface area (Å²) in [6.07, 6.45) is 2.10. The average molecular weight is 170 g/mol. The van der Waals surface area contributed by atoms with Crippen LogP contribution in [-0.4, -0.2) is 28.4 Å². The predicted molar refractivity (Wildman–Crippen MR) is 41.0 cm³/mol. The molecule has 1 aliphatic rings. The zero-order chi connectivity index (χ0) is 9.14.